The highest BCUT2D eigenvalue weighted by Crippen LogP contribution is 2.20. The maximum Gasteiger partial charge on any atom is 0.317 e. The summed E-state index contributed by atoms with van der Waals surface area (Å²) in [6.45, 7) is 3.84. The number of aromatic nitrogens is 1. The highest BCUT2D eigenvalue weighted by atomic mass is 16.2. The minimum absolute atomic E-state index is 0.00738. The van der Waals surface area contributed by atoms with Crippen LogP contribution in [0.15, 0.2) is 24.4 Å². The summed E-state index contributed by atoms with van der Waals surface area (Å²) in [5.74, 6) is 0.495. The van der Waals surface area contributed by atoms with Crippen molar-refractivity contribution in [3.63, 3.8) is 0 Å². The van der Waals surface area contributed by atoms with E-state index in [0.29, 0.717) is 11.6 Å². The predicted octanol–water partition coefficient (Wildman–Crippen LogP) is 0.959. The van der Waals surface area contributed by atoms with Crippen LogP contribution in [-0.2, 0) is 0 Å². The van der Waals surface area contributed by atoms with E-state index in [1.807, 2.05) is 21.9 Å². The first-order valence-corrected chi connectivity index (χ1v) is 7.47. The van der Waals surface area contributed by atoms with Gasteiger partial charge in [-0.2, -0.15) is 0 Å². The Hall–Kier alpha value is -2.11. The van der Waals surface area contributed by atoms with Crippen LogP contribution in [0.25, 0.3) is 0 Å². The predicted molar refractivity (Wildman–Crippen MR) is 77.8 cm³/mol. The summed E-state index contributed by atoms with van der Waals surface area (Å²) in [5.41, 5.74) is 0.509. The summed E-state index contributed by atoms with van der Waals surface area (Å²) in [4.78, 5) is 31.7. The molecule has 0 bridgehead atoms. The Morgan fingerprint density at radius 3 is 2.71 bits per heavy atom. The Balaban J connectivity index is 1.51. The normalized spacial score (nSPS) is 19.7. The van der Waals surface area contributed by atoms with Crippen LogP contribution < -0.4 is 5.32 Å². The molecule has 1 N–H and O–H groups in total. The lowest BCUT2D eigenvalue weighted by Crippen LogP contribution is -2.42. The van der Waals surface area contributed by atoms with Crippen molar-refractivity contribution in [3.05, 3.63) is 30.1 Å². The molecule has 0 saturated carbocycles. The molecule has 2 saturated heterocycles. The van der Waals surface area contributed by atoms with Crippen LogP contribution in [0.2, 0.25) is 0 Å². The SMILES string of the molecule is O=C1NCCN1CC1CCN(C(=O)c2ccccn2)CC1. The number of rotatable bonds is 3. The standard InChI is InChI=1S/C15H20N4O2/c20-14(13-3-1-2-6-16-13)18-8-4-12(5-9-18)11-19-10-7-17-15(19)21/h1-3,6,12H,4-5,7-11H2,(H,17,21). The third kappa shape index (κ3) is 3.15. The number of carbonyl (C=O) groups is 2. The first kappa shape index (κ1) is 13.9. The van der Waals surface area contributed by atoms with Crippen LogP contribution in [0.1, 0.15) is 23.3 Å². The molecule has 2 aliphatic heterocycles. The number of hydrogen-bond donors (Lipinski definition) is 1. The molecule has 0 aliphatic carbocycles. The number of amides is 3. The maximum atomic E-state index is 12.3. The number of pyridine rings is 1. The van der Waals surface area contributed by atoms with Gasteiger partial charge in [0.25, 0.3) is 5.91 Å². The van der Waals surface area contributed by atoms with Crippen molar-refractivity contribution < 1.29 is 9.59 Å². The van der Waals surface area contributed by atoms with Crippen molar-refractivity contribution in [2.45, 2.75) is 12.8 Å². The van der Waals surface area contributed by atoms with Crippen molar-refractivity contribution in [2.24, 2.45) is 5.92 Å². The monoisotopic (exact) mass is 288 g/mol. The quantitative estimate of drug-likeness (QED) is 0.901. The molecule has 0 radical (unpaired) electrons. The Morgan fingerprint density at radius 2 is 2.10 bits per heavy atom. The van der Waals surface area contributed by atoms with Gasteiger partial charge >= 0.3 is 6.03 Å². The molecule has 3 amide bonds. The zero-order valence-electron chi connectivity index (χ0n) is 12.0. The first-order chi connectivity index (χ1) is 10.2. The second kappa shape index (κ2) is 6.11. The molecule has 0 unspecified atom stereocenters. The second-order valence-corrected chi connectivity index (χ2v) is 5.63. The van der Waals surface area contributed by atoms with E-state index in [1.165, 1.54) is 0 Å². The number of likely N-dealkylation sites (tertiary alicyclic amines) is 1. The molecular formula is C15H20N4O2. The summed E-state index contributed by atoms with van der Waals surface area (Å²) in [6, 6.07) is 5.44. The maximum absolute atomic E-state index is 12.3. The van der Waals surface area contributed by atoms with E-state index in [4.69, 9.17) is 0 Å². The number of hydrogen-bond acceptors (Lipinski definition) is 3. The van der Waals surface area contributed by atoms with E-state index in [9.17, 15) is 9.59 Å². The molecule has 6 nitrogen and oxygen atoms in total. The molecule has 0 atom stereocenters. The summed E-state index contributed by atoms with van der Waals surface area (Å²) in [7, 11) is 0. The molecule has 1 aromatic rings. The van der Waals surface area contributed by atoms with Crippen molar-refractivity contribution in [3.8, 4) is 0 Å². The highest BCUT2D eigenvalue weighted by molar-refractivity contribution is 5.92. The number of nitrogens with one attached hydrogen (secondary N) is 1. The van der Waals surface area contributed by atoms with Crippen molar-refractivity contribution in [2.75, 3.05) is 32.7 Å². The fourth-order valence-corrected chi connectivity index (χ4v) is 2.97. The Bertz CT molecular complexity index is 512. The molecule has 1 aromatic heterocycles. The van der Waals surface area contributed by atoms with Gasteiger partial charge in [-0.3, -0.25) is 9.78 Å². The van der Waals surface area contributed by atoms with E-state index >= 15 is 0 Å². The van der Waals surface area contributed by atoms with Crippen molar-refractivity contribution in [1.29, 1.82) is 0 Å². The van der Waals surface area contributed by atoms with Crippen LogP contribution in [0.5, 0.6) is 0 Å². The fourth-order valence-electron chi connectivity index (χ4n) is 2.97. The van der Waals surface area contributed by atoms with Gasteiger partial charge in [0.05, 0.1) is 0 Å². The van der Waals surface area contributed by atoms with Crippen LogP contribution in [0.4, 0.5) is 4.79 Å². The molecule has 3 heterocycles. The van der Waals surface area contributed by atoms with E-state index in [-0.39, 0.29) is 11.9 Å². The molecule has 21 heavy (non-hydrogen) atoms. The lowest BCUT2D eigenvalue weighted by atomic mass is 9.96. The molecule has 2 fully saturated rings. The summed E-state index contributed by atoms with van der Waals surface area (Å²) in [6.07, 6.45) is 3.54. The molecule has 0 spiro atoms. The third-order valence-electron chi connectivity index (χ3n) is 4.21. The van der Waals surface area contributed by atoms with Crippen molar-refractivity contribution in [1.82, 2.24) is 20.1 Å². The number of nitrogens with zero attached hydrogens (tertiary/aromatic N) is 3. The largest absolute Gasteiger partial charge is 0.337 e. The van der Waals surface area contributed by atoms with Crippen LogP contribution >= 0.6 is 0 Å². The average molecular weight is 288 g/mol. The van der Waals surface area contributed by atoms with E-state index in [0.717, 1.165) is 45.6 Å². The van der Waals surface area contributed by atoms with Gasteiger partial charge in [-0.15, -0.1) is 0 Å². The molecule has 112 valence electrons. The molecule has 6 heteroatoms. The summed E-state index contributed by atoms with van der Waals surface area (Å²) in [5, 5.41) is 2.82. The smallest absolute Gasteiger partial charge is 0.317 e. The Morgan fingerprint density at radius 1 is 1.29 bits per heavy atom. The van der Waals surface area contributed by atoms with Gasteiger partial charge in [-0.05, 0) is 30.9 Å². The van der Waals surface area contributed by atoms with Crippen LogP contribution in [-0.4, -0.2) is 59.4 Å². The first-order valence-electron chi connectivity index (χ1n) is 7.47. The fraction of sp³-hybridized carbons (Fsp3) is 0.533. The van der Waals surface area contributed by atoms with Crippen LogP contribution in [0, 0.1) is 5.92 Å². The topological polar surface area (TPSA) is 65.5 Å². The Labute approximate surface area is 124 Å². The molecule has 0 aromatic carbocycles. The van der Waals surface area contributed by atoms with Gasteiger partial charge in [0, 0.05) is 38.9 Å². The highest BCUT2D eigenvalue weighted by Gasteiger charge is 2.28. The molecular weight excluding hydrogens is 268 g/mol. The average Bonchev–Trinajstić information content (AvgIpc) is 2.93. The number of piperidine rings is 1. The van der Waals surface area contributed by atoms with Crippen LogP contribution in [0.3, 0.4) is 0 Å². The minimum Gasteiger partial charge on any atom is -0.337 e. The van der Waals surface area contributed by atoms with Gasteiger partial charge in [0.1, 0.15) is 5.69 Å². The lowest BCUT2D eigenvalue weighted by molar-refractivity contribution is 0.0671. The van der Waals surface area contributed by atoms with Gasteiger partial charge in [0.15, 0.2) is 0 Å². The molecule has 2 aliphatic rings. The van der Waals surface area contributed by atoms with Gasteiger partial charge < -0.3 is 15.1 Å². The van der Waals surface area contributed by atoms with E-state index < -0.39 is 0 Å². The van der Waals surface area contributed by atoms with Gasteiger partial charge in [-0.1, -0.05) is 6.07 Å². The summed E-state index contributed by atoms with van der Waals surface area (Å²) >= 11 is 0. The number of carbonyl (C=O) groups excluding carboxylic acids is 2. The van der Waals surface area contributed by atoms with Gasteiger partial charge in [0.2, 0.25) is 0 Å². The lowest BCUT2D eigenvalue weighted by Gasteiger charge is -2.33. The van der Waals surface area contributed by atoms with E-state index in [2.05, 4.69) is 10.3 Å². The second-order valence-electron chi connectivity index (χ2n) is 5.63. The summed E-state index contributed by atoms with van der Waals surface area (Å²) < 4.78 is 0. The van der Waals surface area contributed by atoms with Gasteiger partial charge in [-0.25, -0.2) is 4.79 Å². The minimum atomic E-state index is 0.00738. The third-order valence-corrected chi connectivity index (χ3v) is 4.21. The number of urea groups is 1. The van der Waals surface area contributed by atoms with Crippen molar-refractivity contribution >= 4 is 11.9 Å². The van der Waals surface area contributed by atoms with E-state index in [1.54, 1.807) is 12.3 Å². The molecule has 3 rings (SSSR count). The Kier molecular flexibility index (Phi) is 4.03. The zero-order valence-corrected chi connectivity index (χ0v) is 12.0. The zero-order chi connectivity index (χ0) is 14.7.